The Morgan fingerprint density at radius 1 is 1.07 bits per heavy atom. The second-order valence-corrected chi connectivity index (χ2v) is 8.17. The van der Waals surface area contributed by atoms with Crippen LogP contribution in [0.2, 0.25) is 0 Å². The monoisotopic (exact) mass is 434 g/mol. The average Bonchev–Trinajstić information content (AvgIpc) is 2.71. The van der Waals surface area contributed by atoms with Gasteiger partial charge in [-0.25, -0.2) is 17.2 Å². The van der Waals surface area contributed by atoms with Gasteiger partial charge < -0.3 is 10.4 Å². The van der Waals surface area contributed by atoms with Gasteiger partial charge in [-0.15, -0.1) is 0 Å². The molecular weight excluding hydrogens is 416 g/mol. The molecule has 0 aliphatic heterocycles. The maximum atomic E-state index is 13.0. The van der Waals surface area contributed by atoms with E-state index in [9.17, 15) is 35.9 Å². The van der Waals surface area contributed by atoms with E-state index in [4.69, 9.17) is 0 Å². The molecule has 158 valence electrons. The van der Waals surface area contributed by atoms with Crippen molar-refractivity contribution in [1.82, 2.24) is 10.3 Å². The lowest BCUT2D eigenvalue weighted by Gasteiger charge is -2.22. The molecule has 0 unspecified atom stereocenters. The van der Waals surface area contributed by atoms with Crippen molar-refractivity contribution in [2.75, 3.05) is 12.7 Å². The minimum atomic E-state index is -3.85. The molecule has 0 radical (unpaired) electrons. The van der Waals surface area contributed by atoms with Gasteiger partial charge in [-0.1, -0.05) is 30.3 Å². The quantitative estimate of drug-likeness (QED) is 0.591. The van der Waals surface area contributed by atoms with Crippen molar-refractivity contribution >= 4 is 15.7 Å². The molecule has 1 aromatic heterocycles. The molecule has 0 saturated heterocycles. The third-order valence-corrected chi connectivity index (χ3v) is 5.09. The first-order valence-electron chi connectivity index (χ1n) is 8.31. The van der Waals surface area contributed by atoms with Crippen LogP contribution in [0.4, 0.5) is 17.6 Å². The average molecular weight is 434 g/mol. The van der Waals surface area contributed by atoms with Crippen LogP contribution < -0.4 is 5.32 Å². The molecule has 1 amide bonds. The minimum absolute atomic E-state index is 0.180. The molecule has 0 spiro atoms. The van der Waals surface area contributed by atoms with Gasteiger partial charge in [-0.2, -0.15) is 8.78 Å². The van der Waals surface area contributed by atoms with Gasteiger partial charge in [0.1, 0.15) is 12.8 Å². The molecule has 1 aromatic carbocycles. The van der Waals surface area contributed by atoms with E-state index in [1.165, 1.54) is 24.4 Å². The number of hydrogen-bond acceptors (Lipinski definition) is 5. The summed E-state index contributed by atoms with van der Waals surface area (Å²) in [6.45, 7) is -1.24. The number of aliphatic hydroxyl groups excluding tert-OH is 1. The molecule has 0 bridgehead atoms. The van der Waals surface area contributed by atoms with E-state index in [0.717, 1.165) is 0 Å². The van der Waals surface area contributed by atoms with Crippen LogP contribution in [-0.4, -0.2) is 49.6 Å². The topological polar surface area (TPSA) is 96.4 Å². The van der Waals surface area contributed by atoms with Gasteiger partial charge in [0.05, 0.1) is 17.5 Å². The SMILES string of the molecule is O=C(N[C@H](CF)[C@@H](O)c1ccc(-c2ccc(CS(=O)(=O)CF)nc2)cc1)C(F)F. The van der Waals surface area contributed by atoms with E-state index in [1.54, 1.807) is 23.5 Å². The number of nitrogens with one attached hydrogen (secondary N) is 1. The van der Waals surface area contributed by atoms with Gasteiger partial charge in [0.2, 0.25) is 0 Å². The Hall–Kier alpha value is -2.53. The Morgan fingerprint density at radius 3 is 2.17 bits per heavy atom. The molecule has 2 aromatic rings. The number of benzene rings is 1. The van der Waals surface area contributed by atoms with E-state index in [-0.39, 0.29) is 11.3 Å². The lowest BCUT2D eigenvalue weighted by atomic mass is 9.99. The van der Waals surface area contributed by atoms with Crippen LogP contribution in [0.1, 0.15) is 17.4 Å². The van der Waals surface area contributed by atoms with E-state index in [0.29, 0.717) is 11.1 Å². The molecule has 29 heavy (non-hydrogen) atoms. The smallest absolute Gasteiger partial charge is 0.315 e. The zero-order chi connectivity index (χ0) is 21.6. The fraction of sp³-hybridized carbons (Fsp3) is 0.333. The molecule has 6 nitrogen and oxygen atoms in total. The summed E-state index contributed by atoms with van der Waals surface area (Å²) in [6, 6.07) is 5.98. The molecular formula is C18H18F4N2O4S. The number of hydrogen-bond donors (Lipinski definition) is 2. The molecule has 0 fully saturated rings. The van der Waals surface area contributed by atoms with Crippen molar-refractivity contribution in [2.24, 2.45) is 0 Å². The van der Waals surface area contributed by atoms with Gasteiger partial charge in [0, 0.05) is 11.8 Å². The summed E-state index contributed by atoms with van der Waals surface area (Å²) in [7, 11) is -3.85. The highest BCUT2D eigenvalue weighted by molar-refractivity contribution is 7.90. The number of nitrogens with zero attached hydrogens (tertiary/aromatic N) is 1. The highest BCUT2D eigenvalue weighted by Crippen LogP contribution is 2.24. The molecule has 0 saturated carbocycles. The van der Waals surface area contributed by atoms with E-state index in [2.05, 4.69) is 4.98 Å². The second kappa shape index (κ2) is 9.79. The lowest BCUT2D eigenvalue weighted by molar-refractivity contribution is -0.133. The molecule has 2 N–H and O–H groups in total. The van der Waals surface area contributed by atoms with Gasteiger partial charge in [-0.05, 0) is 17.2 Å². The Bertz CT molecular complexity index is 922. The number of halogens is 4. The summed E-state index contributed by atoms with van der Waals surface area (Å²) in [6.07, 6.45) is -3.47. The Morgan fingerprint density at radius 2 is 1.69 bits per heavy atom. The third-order valence-electron chi connectivity index (χ3n) is 4.02. The number of aromatic nitrogens is 1. The molecule has 1 heterocycles. The van der Waals surface area contributed by atoms with Crippen molar-refractivity contribution in [3.63, 3.8) is 0 Å². The molecule has 2 atom stereocenters. The fourth-order valence-electron chi connectivity index (χ4n) is 2.50. The van der Waals surface area contributed by atoms with Crippen molar-refractivity contribution in [2.45, 2.75) is 24.3 Å². The summed E-state index contributed by atoms with van der Waals surface area (Å²) in [5.74, 6) is -2.20. The molecule has 2 rings (SSSR count). The van der Waals surface area contributed by atoms with Crippen molar-refractivity contribution in [3.05, 3.63) is 53.9 Å². The summed E-state index contributed by atoms with van der Waals surface area (Å²) in [5.41, 5.74) is 1.60. The van der Waals surface area contributed by atoms with Crippen LogP contribution >= 0.6 is 0 Å². The number of carbonyl (C=O) groups is 1. The molecule has 0 aliphatic rings. The number of alkyl halides is 4. The summed E-state index contributed by atoms with van der Waals surface area (Å²) < 4.78 is 72.6. The zero-order valence-electron chi connectivity index (χ0n) is 14.9. The number of carbonyl (C=O) groups excluding carboxylic acids is 1. The van der Waals surface area contributed by atoms with Gasteiger partial charge >= 0.3 is 6.43 Å². The lowest BCUT2D eigenvalue weighted by Crippen LogP contribution is -2.43. The largest absolute Gasteiger partial charge is 0.386 e. The van der Waals surface area contributed by atoms with E-state index in [1.807, 2.05) is 0 Å². The van der Waals surface area contributed by atoms with Crippen LogP contribution in [0.3, 0.4) is 0 Å². The predicted octanol–water partition coefficient (Wildman–Crippen LogP) is 2.34. The van der Waals surface area contributed by atoms with E-state index >= 15 is 0 Å². The fourth-order valence-corrected chi connectivity index (χ4v) is 3.20. The Balaban J connectivity index is 2.12. The summed E-state index contributed by atoms with van der Waals surface area (Å²) >= 11 is 0. The zero-order valence-corrected chi connectivity index (χ0v) is 15.8. The highest BCUT2D eigenvalue weighted by atomic mass is 32.2. The number of amides is 1. The maximum absolute atomic E-state index is 13.0. The Labute approximate surface area is 164 Å². The highest BCUT2D eigenvalue weighted by Gasteiger charge is 2.26. The van der Waals surface area contributed by atoms with Gasteiger partial charge in [0.25, 0.3) is 5.91 Å². The number of sulfone groups is 1. The predicted molar refractivity (Wildman–Crippen MR) is 97.1 cm³/mol. The normalized spacial score (nSPS) is 13.9. The molecule has 11 heteroatoms. The van der Waals surface area contributed by atoms with Crippen molar-refractivity contribution in [1.29, 1.82) is 0 Å². The third kappa shape index (κ3) is 6.23. The van der Waals surface area contributed by atoms with Crippen LogP contribution in [0.15, 0.2) is 42.6 Å². The first kappa shape index (κ1) is 22.8. The van der Waals surface area contributed by atoms with Crippen molar-refractivity contribution < 1.29 is 35.9 Å². The maximum Gasteiger partial charge on any atom is 0.315 e. The van der Waals surface area contributed by atoms with Crippen molar-refractivity contribution in [3.8, 4) is 11.1 Å². The number of rotatable bonds is 9. The van der Waals surface area contributed by atoms with Crippen LogP contribution in [0.5, 0.6) is 0 Å². The summed E-state index contributed by atoms with van der Waals surface area (Å²) in [4.78, 5) is 15.0. The second-order valence-electron chi connectivity index (χ2n) is 6.17. The number of aliphatic hydroxyl groups is 1. The minimum Gasteiger partial charge on any atom is -0.386 e. The first-order chi connectivity index (χ1) is 13.7. The standard InChI is InChI=1S/C18H18F4N2O4S/c19-7-15(24-18(26)17(21)22)16(25)12-3-1-11(2-4-12)13-5-6-14(23-8-13)9-29(27,28)10-20/h1-6,8,15-17,25H,7,9-10H2,(H,24,26)/t15-,16+/m1/s1. The summed E-state index contributed by atoms with van der Waals surface area (Å²) in [5, 5.41) is 11.9. The van der Waals surface area contributed by atoms with Gasteiger partial charge in [0.15, 0.2) is 15.8 Å². The number of pyridine rings is 1. The van der Waals surface area contributed by atoms with Crippen LogP contribution in [0, 0.1) is 0 Å². The van der Waals surface area contributed by atoms with Crippen LogP contribution in [-0.2, 0) is 20.4 Å². The van der Waals surface area contributed by atoms with Crippen LogP contribution in [0.25, 0.3) is 11.1 Å². The van der Waals surface area contributed by atoms with E-state index < -0.39 is 52.7 Å². The Kier molecular flexibility index (Phi) is 7.68. The molecule has 0 aliphatic carbocycles. The van der Waals surface area contributed by atoms with Gasteiger partial charge in [-0.3, -0.25) is 9.78 Å². The first-order valence-corrected chi connectivity index (χ1v) is 10.1.